The number of carbonyl (C=O) groups excluding carboxylic acids is 1. The van der Waals surface area contributed by atoms with Crippen molar-refractivity contribution in [1.82, 2.24) is 4.90 Å². The van der Waals surface area contributed by atoms with Gasteiger partial charge in [-0.2, -0.15) is 0 Å². The van der Waals surface area contributed by atoms with Crippen molar-refractivity contribution in [2.75, 3.05) is 30.9 Å². The van der Waals surface area contributed by atoms with E-state index in [1.807, 2.05) is 0 Å². The molecule has 1 saturated heterocycles. The van der Waals surface area contributed by atoms with Crippen molar-refractivity contribution < 1.29 is 13.2 Å². The molecule has 21 heavy (non-hydrogen) atoms. The molecule has 1 N–H and O–H groups in total. The average molecular weight is 331 g/mol. The molecule has 116 valence electrons. The number of carbonyl (C=O) groups is 1. The molecule has 0 radical (unpaired) electrons. The van der Waals surface area contributed by atoms with E-state index in [-0.39, 0.29) is 23.5 Å². The van der Waals surface area contributed by atoms with Crippen LogP contribution in [0, 0.1) is 0 Å². The maximum atomic E-state index is 12.0. The molecular weight excluding hydrogens is 312 g/mol. The highest BCUT2D eigenvalue weighted by Gasteiger charge is 2.25. The first-order chi connectivity index (χ1) is 9.78. The van der Waals surface area contributed by atoms with Crippen molar-refractivity contribution in [3.05, 3.63) is 28.8 Å². The summed E-state index contributed by atoms with van der Waals surface area (Å²) in [5.74, 6) is 0.235. The molecule has 5 nitrogen and oxygen atoms in total. The molecule has 1 fully saturated rings. The van der Waals surface area contributed by atoms with Crippen LogP contribution < -0.4 is 5.32 Å². The number of nitrogens with zero attached hydrogens (tertiary/aromatic N) is 1. The number of nitrogens with one attached hydrogen (secondary N) is 1. The summed E-state index contributed by atoms with van der Waals surface area (Å²) < 4.78 is 23.3. The summed E-state index contributed by atoms with van der Waals surface area (Å²) in [6.45, 7) is 0. The Morgan fingerprint density at radius 1 is 1.38 bits per heavy atom. The fourth-order valence-electron chi connectivity index (χ4n) is 2.38. The number of hydrogen-bond acceptors (Lipinski definition) is 4. The highest BCUT2D eigenvalue weighted by Crippen LogP contribution is 2.26. The summed E-state index contributed by atoms with van der Waals surface area (Å²) in [5, 5.41) is 3.64. The topological polar surface area (TPSA) is 66.5 Å². The van der Waals surface area contributed by atoms with Gasteiger partial charge in [0.05, 0.1) is 22.2 Å². The Balaban J connectivity index is 2.19. The van der Waals surface area contributed by atoms with E-state index < -0.39 is 9.84 Å². The Morgan fingerprint density at radius 2 is 2.10 bits per heavy atom. The van der Waals surface area contributed by atoms with Gasteiger partial charge in [0.15, 0.2) is 9.84 Å². The molecule has 1 heterocycles. The van der Waals surface area contributed by atoms with Gasteiger partial charge in [-0.05, 0) is 31.0 Å². The fourth-order valence-corrected chi connectivity index (χ4v) is 4.19. The van der Waals surface area contributed by atoms with Crippen molar-refractivity contribution in [3.63, 3.8) is 0 Å². The Hall–Kier alpha value is -1.27. The van der Waals surface area contributed by atoms with Crippen LogP contribution in [0.2, 0.25) is 5.02 Å². The average Bonchev–Trinajstić information content (AvgIpc) is 2.39. The fraction of sp³-hybridized carbons (Fsp3) is 0.500. The third kappa shape index (κ3) is 4.11. The quantitative estimate of drug-likeness (QED) is 0.921. The van der Waals surface area contributed by atoms with Crippen LogP contribution >= 0.6 is 11.6 Å². The molecule has 0 aromatic heterocycles. The van der Waals surface area contributed by atoms with Gasteiger partial charge in [0, 0.05) is 25.7 Å². The van der Waals surface area contributed by atoms with Crippen molar-refractivity contribution >= 4 is 33.0 Å². The highest BCUT2D eigenvalue weighted by atomic mass is 35.5. The first-order valence-electron chi connectivity index (χ1n) is 6.77. The molecular formula is C14H19ClN2O3S. The molecule has 7 heteroatoms. The standard InChI is InChI=1S/C14H19ClN2O3S/c1-17(2)14(18)10-5-6-12(15)13(8-10)16-11-4-3-7-21(19,20)9-11/h5-6,8,11,16H,3-4,7,9H2,1-2H3. The minimum atomic E-state index is -2.99. The second kappa shape index (κ2) is 6.23. The van der Waals surface area contributed by atoms with E-state index >= 15 is 0 Å². The summed E-state index contributed by atoms with van der Waals surface area (Å²) in [6.07, 6.45) is 1.43. The van der Waals surface area contributed by atoms with Crippen molar-refractivity contribution in [3.8, 4) is 0 Å². The van der Waals surface area contributed by atoms with Gasteiger partial charge in [-0.15, -0.1) is 0 Å². The van der Waals surface area contributed by atoms with E-state index in [4.69, 9.17) is 11.6 Å². The normalized spacial score (nSPS) is 20.8. The zero-order chi connectivity index (χ0) is 15.6. The van der Waals surface area contributed by atoms with Crippen molar-refractivity contribution in [2.24, 2.45) is 0 Å². The molecule has 2 rings (SSSR count). The lowest BCUT2D eigenvalue weighted by Crippen LogP contribution is -2.35. The first-order valence-corrected chi connectivity index (χ1v) is 8.96. The van der Waals surface area contributed by atoms with E-state index in [1.165, 1.54) is 4.90 Å². The Labute approximate surface area is 130 Å². The minimum absolute atomic E-state index is 0.106. The maximum absolute atomic E-state index is 12.0. The summed E-state index contributed by atoms with van der Waals surface area (Å²) >= 11 is 6.13. The van der Waals surface area contributed by atoms with E-state index in [2.05, 4.69) is 5.32 Å². The molecule has 1 aromatic rings. The number of hydrogen-bond donors (Lipinski definition) is 1. The van der Waals surface area contributed by atoms with Gasteiger partial charge in [0.1, 0.15) is 0 Å². The van der Waals surface area contributed by atoms with Gasteiger partial charge in [-0.3, -0.25) is 4.79 Å². The van der Waals surface area contributed by atoms with Crippen LogP contribution in [0.4, 0.5) is 5.69 Å². The lowest BCUT2D eigenvalue weighted by atomic mass is 10.1. The van der Waals surface area contributed by atoms with Crippen LogP contribution in [0.1, 0.15) is 23.2 Å². The van der Waals surface area contributed by atoms with Crippen LogP contribution in [0.15, 0.2) is 18.2 Å². The van der Waals surface area contributed by atoms with Gasteiger partial charge in [0.25, 0.3) is 5.91 Å². The Morgan fingerprint density at radius 3 is 2.71 bits per heavy atom. The monoisotopic (exact) mass is 330 g/mol. The zero-order valence-corrected chi connectivity index (χ0v) is 13.7. The largest absolute Gasteiger partial charge is 0.380 e. The van der Waals surface area contributed by atoms with Crippen LogP contribution in [0.25, 0.3) is 0 Å². The van der Waals surface area contributed by atoms with Crippen molar-refractivity contribution in [1.29, 1.82) is 0 Å². The Kier molecular flexibility index (Phi) is 4.78. The molecule has 1 unspecified atom stereocenters. The molecule has 1 aliphatic heterocycles. The predicted molar refractivity (Wildman–Crippen MR) is 84.8 cm³/mol. The molecule has 0 bridgehead atoms. The van der Waals surface area contributed by atoms with Crippen LogP contribution in [-0.2, 0) is 9.84 Å². The smallest absolute Gasteiger partial charge is 0.253 e. The van der Waals surface area contributed by atoms with Crippen LogP contribution in [0.5, 0.6) is 0 Å². The van der Waals surface area contributed by atoms with Crippen LogP contribution in [-0.4, -0.2) is 50.9 Å². The highest BCUT2D eigenvalue weighted by molar-refractivity contribution is 7.91. The number of rotatable bonds is 3. The third-order valence-electron chi connectivity index (χ3n) is 3.44. The number of anilines is 1. The SMILES string of the molecule is CN(C)C(=O)c1ccc(Cl)c(NC2CCCS(=O)(=O)C2)c1. The second-order valence-electron chi connectivity index (χ2n) is 5.49. The molecule has 0 saturated carbocycles. The summed E-state index contributed by atoms with van der Waals surface area (Å²) in [4.78, 5) is 13.4. The molecule has 1 atom stereocenters. The predicted octanol–water partition coefficient (Wildman–Crippen LogP) is 2.03. The van der Waals surface area contributed by atoms with Crippen molar-refractivity contribution in [2.45, 2.75) is 18.9 Å². The van der Waals surface area contributed by atoms with Gasteiger partial charge < -0.3 is 10.2 Å². The van der Waals surface area contributed by atoms with Gasteiger partial charge >= 0.3 is 0 Å². The molecule has 1 aromatic carbocycles. The lowest BCUT2D eigenvalue weighted by Gasteiger charge is -2.24. The van der Waals surface area contributed by atoms with E-state index in [9.17, 15) is 13.2 Å². The van der Waals surface area contributed by atoms with E-state index in [0.717, 1.165) is 6.42 Å². The van der Waals surface area contributed by atoms with Crippen LogP contribution in [0.3, 0.4) is 0 Å². The van der Waals surface area contributed by atoms with E-state index in [0.29, 0.717) is 22.7 Å². The van der Waals surface area contributed by atoms with Gasteiger partial charge in [0.2, 0.25) is 0 Å². The first kappa shape index (κ1) is 16.1. The summed E-state index contributed by atoms with van der Waals surface area (Å²) in [6, 6.07) is 4.82. The van der Waals surface area contributed by atoms with Gasteiger partial charge in [-0.1, -0.05) is 11.6 Å². The molecule has 0 spiro atoms. The summed E-state index contributed by atoms with van der Waals surface area (Å²) in [5.41, 5.74) is 1.12. The molecule has 1 amide bonds. The Bertz CT molecular complexity index is 644. The number of halogens is 1. The zero-order valence-electron chi connectivity index (χ0n) is 12.1. The molecule has 1 aliphatic rings. The lowest BCUT2D eigenvalue weighted by molar-refractivity contribution is 0.0827. The third-order valence-corrected chi connectivity index (χ3v) is 5.59. The molecule has 0 aliphatic carbocycles. The number of amides is 1. The van der Waals surface area contributed by atoms with E-state index in [1.54, 1.807) is 32.3 Å². The maximum Gasteiger partial charge on any atom is 0.253 e. The number of benzene rings is 1. The van der Waals surface area contributed by atoms with Gasteiger partial charge in [-0.25, -0.2) is 8.42 Å². The summed E-state index contributed by atoms with van der Waals surface area (Å²) in [7, 11) is 0.371. The number of sulfone groups is 1. The minimum Gasteiger partial charge on any atom is -0.380 e. The second-order valence-corrected chi connectivity index (χ2v) is 8.13.